The molecule has 0 saturated carbocycles. The van der Waals surface area contributed by atoms with Crippen LogP contribution in [0.2, 0.25) is 0 Å². The van der Waals surface area contributed by atoms with Gasteiger partial charge in [0.2, 0.25) is 0 Å². The van der Waals surface area contributed by atoms with Gasteiger partial charge in [0.25, 0.3) is 0 Å². The van der Waals surface area contributed by atoms with Gasteiger partial charge in [0.15, 0.2) is 0 Å². The van der Waals surface area contributed by atoms with Crippen LogP contribution in [0.15, 0.2) is 35.9 Å². The van der Waals surface area contributed by atoms with Gasteiger partial charge >= 0.3 is 0 Å². The van der Waals surface area contributed by atoms with E-state index in [2.05, 4.69) is 11.9 Å². The molecule has 1 heterocycles. The topological polar surface area (TPSA) is 12.0 Å². The van der Waals surface area contributed by atoms with Crippen LogP contribution in [-0.4, -0.2) is 13.1 Å². The lowest BCUT2D eigenvalue weighted by Crippen LogP contribution is -2.03. The second-order valence-electron chi connectivity index (χ2n) is 2.73. The summed E-state index contributed by atoms with van der Waals surface area (Å²) in [6, 6.07) is 0. The van der Waals surface area contributed by atoms with Crippen molar-refractivity contribution >= 4 is 11.6 Å². The van der Waals surface area contributed by atoms with Crippen LogP contribution >= 0.6 is 11.6 Å². The van der Waals surface area contributed by atoms with E-state index in [4.69, 9.17) is 11.6 Å². The molecule has 1 rings (SSSR count). The summed E-state index contributed by atoms with van der Waals surface area (Å²) in [5.41, 5.74) is 0. The maximum absolute atomic E-state index is 5.57. The quantitative estimate of drug-likeness (QED) is 0.674. The monoisotopic (exact) mass is 199 g/mol. The molecule has 0 aromatic rings. The smallest absolute Gasteiger partial charge is 0.0363 e. The van der Waals surface area contributed by atoms with Crippen LogP contribution in [0, 0.1) is 0 Å². The molecule has 0 amide bonds. The molecule has 0 bridgehead atoms. The van der Waals surface area contributed by atoms with Crippen molar-refractivity contribution in [1.29, 1.82) is 0 Å². The largest absolute Gasteiger partial charge is 0.317 e. The Balaban J connectivity index is 0.000000243. The molecule has 0 atom stereocenters. The standard InChI is InChI=1S/C7H9Cl.C4H9N/c1-3-5-6-7(8)4-2;1-2-4-5-3-1/h3-6H,1H2,2H3;5H,1-4H2/b6-5-,7-4+;. The van der Waals surface area contributed by atoms with Crippen LogP contribution in [0.5, 0.6) is 0 Å². The van der Waals surface area contributed by atoms with E-state index in [9.17, 15) is 0 Å². The molecule has 0 radical (unpaired) electrons. The number of hydrogen-bond donors (Lipinski definition) is 1. The Morgan fingerprint density at radius 3 is 2.31 bits per heavy atom. The van der Waals surface area contributed by atoms with E-state index in [0.717, 1.165) is 5.03 Å². The zero-order chi connectivity index (χ0) is 9.94. The van der Waals surface area contributed by atoms with E-state index in [1.165, 1.54) is 25.9 Å². The first-order valence-corrected chi connectivity index (χ1v) is 5.00. The number of rotatable bonds is 2. The normalized spacial score (nSPS) is 16.9. The zero-order valence-electron chi connectivity index (χ0n) is 8.22. The molecule has 0 unspecified atom stereocenters. The lowest BCUT2D eigenvalue weighted by Gasteiger charge is -1.79. The van der Waals surface area contributed by atoms with Gasteiger partial charge in [-0.2, -0.15) is 0 Å². The lowest BCUT2D eigenvalue weighted by molar-refractivity contribution is 0.857. The minimum Gasteiger partial charge on any atom is -0.317 e. The number of hydrogen-bond acceptors (Lipinski definition) is 1. The SMILES string of the molecule is C1CCNC1.C=C/C=C\C(Cl)=C/C. The zero-order valence-corrected chi connectivity index (χ0v) is 8.98. The molecule has 1 aliphatic heterocycles. The van der Waals surface area contributed by atoms with E-state index in [-0.39, 0.29) is 0 Å². The molecule has 1 fully saturated rings. The molecule has 0 spiro atoms. The van der Waals surface area contributed by atoms with Gasteiger partial charge in [-0.25, -0.2) is 0 Å². The number of halogens is 1. The number of nitrogens with one attached hydrogen (secondary N) is 1. The van der Waals surface area contributed by atoms with Gasteiger partial charge in [-0.15, -0.1) is 0 Å². The Morgan fingerprint density at radius 1 is 1.38 bits per heavy atom. The van der Waals surface area contributed by atoms with Crippen LogP contribution < -0.4 is 5.32 Å². The van der Waals surface area contributed by atoms with E-state index < -0.39 is 0 Å². The second kappa shape index (κ2) is 9.56. The van der Waals surface area contributed by atoms with Crippen molar-refractivity contribution in [3.05, 3.63) is 35.9 Å². The van der Waals surface area contributed by atoms with Crippen molar-refractivity contribution in [3.63, 3.8) is 0 Å². The molecule has 1 aliphatic rings. The molecular weight excluding hydrogens is 182 g/mol. The molecule has 13 heavy (non-hydrogen) atoms. The van der Waals surface area contributed by atoms with Crippen LogP contribution in [-0.2, 0) is 0 Å². The number of allylic oxidation sites excluding steroid dienone is 5. The summed E-state index contributed by atoms with van der Waals surface area (Å²) in [4.78, 5) is 0. The van der Waals surface area contributed by atoms with E-state index in [1.54, 1.807) is 18.2 Å². The van der Waals surface area contributed by atoms with Crippen LogP contribution in [0.25, 0.3) is 0 Å². The van der Waals surface area contributed by atoms with Gasteiger partial charge in [-0.1, -0.05) is 36.4 Å². The van der Waals surface area contributed by atoms with Gasteiger partial charge < -0.3 is 5.32 Å². The fourth-order valence-corrected chi connectivity index (χ4v) is 0.954. The molecular formula is C11H18ClN. The summed E-state index contributed by atoms with van der Waals surface area (Å²) in [6.45, 7) is 7.88. The third-order valence-electron chi connectivity index (χ3n) is 1.62. The first kappa shape index (κ1) is 12.5. The minimum atomic E-state index is 0.741. The van der Waals surface area contributed by atoms with Crippen molar-refractivity contribution in [2.45, 2.75) is 19.8 Å². The Labute approximate surface area is 86.2 Å². The molecule has 0 aromatic heterocycles. The van der Waals surface area contributed by atoms with Crippen LogP contribution in [0.1, 0.15) is 19.8 Å². The van der Waals surface area contributed by atoms with Crippen molar-refractivity contribution in [2.75, 3.05) is 13.1 Å². The molecule has 1 saturated heterocycles. The van der Waals surface area contributed by atoms with Gasteiger partial charge in [-0.05, 0) is 38.9 Å². The second-order valence-corrected chi connectivity index (χ2v) is 3.16. The highest BCUT2D eigenvalue weighted by molar-refractivity contribution is 6.31. The minimum absolute atomic E-state index is 0.741. The highest BCUT2D eigenvalue weighted by Gasteiger charge is 1.93. The maximum atomic E-state index is 5.57. The molecule has 1 nitrogen and oxygen atoms in total. The lowest BCUT2D eigenvalue weighted by atomic mass is 10.4. The molecule has 1 N–H and O–H groups in total. The third-order valence-corrected chi connectivity index (χ3v) is 1.97. The molecule has 0 aromatic carbocycles. The summed E-state index contributed by atoms with van der Waals surface area (Å²) in [5.74, 6) is 0. The summed E-state index contributed by atoms with van der Waals surface area (Å²) in [5, 5.41) is 3.96. The van der Waals surface area contributed by atoms with Crippen molar-refractivity contribution in [3.8, 4) is 0 Å². The van der Waals surface area contributed by atoms with Crippen molar-refractivity contribution < 1.29 is 0 Å². The maximum Gasteiger partial charge on any atom is 0.0363 e. The Bertz CT molecular complexity index is 171. The van der Waals surface area contributed by atoms with Gasteiger partial charge in [0, 0.05) is 5.03 Å². The Hall–Kier alpha value is -0.530. The first-order chi connectivity index (χ1) is 6.31. The predicted octanol–water partition coefficient (Wildman–Crippen LogP) is 3.24. The summed E-state index contributed by atoms with van der Waals surface area (Å²) in [6.07, 6.45) is 9.87. The average Bonchev–Trinajstić information content (AvgIpc) is 2.72. The van der Waals surface area contributed by atoms with Gasteiger partial charge in [0.05, 0.1) is 0 Å². The third kappa shape index (κ3) is 9.38. The Kier molecular flexibility index (Phi) is 9.17. The van der Waals surface area contributed by atoms with Gasteiger partial charge in [-0.3, -0.25) is 0 Å². The fraction of sp³-hybridized carbons (Fsp3) is 0.455. The fourth-order valence-electron chi connectivity index (χ4n) is 0.881. The molecule has 0 aliphatic carbocycles. The van der Waals surface area contributed by atoms with Crippen LogP contribution in [0.4, 0.5) is 0 Å². The average molecular weight is 200 g/mol. The van der Waals surface area contributed by atoms with E-state index >= 15 is 0 Å². The molecule has 74 valence electrons. The van der Waals surface area contributed by atoms with Crippen LogP contribution in [0.3, 0.4) is 0 Å². The summed E-state index contributed by atoms with van der Waals surface area (Å²) in [7, 11) is 0. The highest BCUT2D eigenvalue weighted by atomic mass is 35.5. The van der Waals surface area contributed by atoms with Crippen molar-refractivity contribution in [1.82, 2.24) is 5.32 Å². The highest BCUT2D eigenvalue weighted by Crippen LogP contribution is 2.00. The summed E-state index contributed by atoms with van der Waals surface area (Å²) < 4.78 is 0. The van der Waals surface area contributed by atoms with E-state index in [1.807, 2.05) is 13.0 Å². The predicted molar refractivity (Wildman–Crippen MR) is 61.1 cm³/mol. The summed E-state index contributed by atoms with van der Waals surface area (Å²) >= 11 is 5.57. The molecule has 2 heteroatoms. The first-order valence-electron chi connectivity index (χ1n) is 4.63. The van der Waals surface area contributed by atoms with Gasteiger partial charge in [0.1, 0.15) is 0 Å². The Morgan fingerprint density at radius 2 is 2.00 bits per heavy atom. The van der Waals surface area contributed by atoms with E-state index in [0.29, 0.717) is 0 Å². The van der Waals surface area contributed by atoms with Crippen molar-refractivity contribution in [2.24, 2.45) is 0 Å².